The first-order valence-electron chi connectivity index (χ1n) is 8.11. The second kappa shape index (κ2) is 6.15. The Morgan fingerprint density at radius 3 is 2.70 bits per heavy atom. The summed E-state index contributed by atoms with van der Waals surface area (Å²) in [4.78, 5) is 5.04. The zero-order valence-electron chi connectivity index (χ0n) is 13.8. The third-order valence-electron chi connectivity index (χ3n) is 4.64. The molecule has 2 unspecified atom stereocenters. The van der Waals surface area contributed by atoms with Gasteiger partial charge in [0.05, 0.1) is 11.2 Å². The van der Waals surface area contributed by atoms with Crippen LogP contribution in [0.1, 0.15) is 77.4 Å². The molecular weight excluding hydrogens is 264 g/mol. The molecule has 0 saturated heterocycles. The molecule has 1 saturated carbocycles. The summed E-state index contributed by atoms with van der Waals surface area (Å²) in [5, 5.41) is 7.46. The molecule has 20 heavy (non-hydrogen) atoms. The zero-order valence-corrected chi connectivity index (χ0v) is 14.6. The molecule has 1 aliphatic carbocycles. The van der Waals surface area contributed by atoms with Crippen molar-refractivity contribution in [1.29, 1.82) is 0 Å². The van der Waals surface area contributed by atoms with E-state index in [-0.39, 0.29) is 11.0 Å². The highest BCUT2D eigenvalue weighted by Crippen LogP contribution is 2.43. The Labute approximate surface area is 128 Å². The van der Waals surface area contributed by atoms with Gasteiger partial charge in [0.2, 0.25) is 0 Å². The van der Waals surface area contributed by atoms with Gasteiger partial charge < -0.3 is 5.32 Å². The fourth-order valence-electron chi connectivity index (χ4n) is 3.17. The van der Waals surface area contributed by atoms with Crippen molar-refractivity contribution < 1.29 is 0 Å². The van der Waals surface area contributed by atoms with Gasteiger partial charge in [-0.15, -0.1) is 11.3 Å². The molecule has 1 aromatic heterocycles. The zero-order chi connectivity index (χ0) is 14.8. The molecule has 2 rings (SSSR count). The minimum atomic E-state index is 0.127. The minimum absolute atomic E-state index is 0.127. The average molecular weight is 295 g/mol. The van der Waals surface area contributed by atoms with Crippen molar-refractivity contribution in [1.82, 2.24) is 10.3 Å². The molecule has 0 amide bonds. The van der Waals surface area contributed by atoms with Crippen LogP contribution < -0.4 is 5.32 Å². The van der Waals surface area contributed by atoms with E-state index in [1.807, 2.05) is 11.3 Å². The highest BCUT2D eigenvalue weighted by atomic mass is 32.1. The first-order valence-corrected chi connectivity index (χ1v) is 8.99. The molecule has 3 heteroatoms. The fourth-order valence-corrected chi connectivity index (χ4v) is 4.54. The van der Waals surface area contributed by atoms with Crippen LogP contribution in [0.2, 0.25) is 0 Å². The maximum atomic E-state index is 5.04. The minimum Gasteiger partial charge on any atom is -0.305 e. The van der Waals surface area contributed by atoms with Crippen molar-refractivity contribution in [3.8, 4) is 0 Å². The standard InChI is InChI=1S/C17H30N2S/c1-6-11-18-17(10-8-7-9-13(17)2)15-19-14(12-20-15)16(3,4)5/h12-13,18H,6-11H2,1-5H3. The van der Waals surface area contributed by atoms with Crippen LogP contribution in [0.15, 0.2) is 5.38 Å². The normalized spacial score (nSPS) is 27.8. The van der Waals surface area contributed by atoms with Crippen LogP contribution in [0.3, 0.4) is 0 Å². The third kappa shape index (κ3) is 3.09. The van der Waals surface area contributed by atoms with Crippen LogP contribution in [0, 0.1) is 5.92 Å². The summed E-state index contributed by atoms with van der Waals surface area (Å²) in [6.07, 6.45) is 6.44. The van der Waals surface area contributed by atoms with Crippen molar-refractivity contribution in [3.05, 3.63) is 16.1 Å². The van der Waals surface area contributed by atoms with Crippen molar-refractivity contribution in [2.45, 2.75) is 77.7 Å². The van der Waals surface area contributed by atoms with Crippen molar-refractivity contribution in [3.63, 3.8) is 0 Å². The molecule has 1 aromatic rings. The van der Waals surface area contributed by atoms with E-state index in [4.69, 9.17) is 4.98 Å². The quantitative estimate of drug-likeness (QED) is 0.859. The monoisotopic (exact) mass is 294 g/mol. The number of thiazole rings is 1. The Bertz CT molecular complexity index is 432. The fraction of sp³-hybridized carbons (Fsp3) is 0.824. The molecule has 0 radical (unpaired) electrons. The molecular formula is C17H30N2S. The topological polar surface area (TPSA) is 24.9 Å². The predicted octanol–water partition coefficient (Wildman–Crippen LogP) is 4.85. The Morgan fingerprint density at radius 1 is 1.40 bits per heavy atom. The summed E-state index contributed by atoms with van der Waals surface area (Å²) in [6.45, 7) is 12.5. The maximum absolute atomic E-state index is 5.04. The highest BCUT2D eigenvalue weighted by molar-refractivity contribution is 7.09. The van der Waals surface area contributed by atoms with Crippen LogP contribution in [0.25, 0.3) is 0 Å². The molecule has 114 valence electrons. The molecule has 0 aromatic carbocycles. The molecule has 1 N–H and O–H groups in total. The van der Waals surface area contributed by atoms with Gasteiger partial charge >= 0.3 is 0 Å². The molecule has 0 aliphatic heterocycles. The van der Waals surface area contributed by atoms with E-state index >= 15 is 0 Å². The summed E-state index contributed by atoms with van der Waals surface area (Å²) in [5.74, 6) is 0.682. The van der Waals surface area contributed by atoms with Gasteiger partial charge in [-0.1, -0.05) is 47.5 Å². The van der Waals surface area contributed by atoms with E-state index in [9.17, 15) is 0 Å². The summed E-state index contributed by atoms with van der Waals surface area (Å²) in [5.41, 5.74) is 1.52. The van der Waals surface area contributed by atoms with Gasteiger partial charge in [-0.05, 0) is 31.7 Å². The molecule has 2 atom stereocenters. The lowest BCUT2D eigenvalue weighted by Gasteiger charge is -2.42. The molecule has 2 nitrogen and oxygen atoms in total. The van der Waals surface area contributed by atoms with Gasteiger partial charge in [0.15, 0.2) is 0 Å². The lowest BCUT2D eigenvalue weighted by molar-refractivity contribution is 0.153. The lowest BCUT2D eigenvalue weighted by atomic mass is 9.73. The first kappa shape index (κ1) is 16.0. The van der Waals surface area contributed by atoms with E-state index in [0.717, 1.165) is 6.54 Å². The van der Waals surface area contributed by atoms with E-state index in [1.165, 1.54) is 42.8 Å². The number of hydrogen-bond acceptors (Lipinski definition) is 3. The van der Waals surface area contributed by atoms with Crippen LogP contribution in [0.5, 0.6) is 0 Å². The van der Waals surface area contributed by atoms with Gasteiger partial charge in [0.25, 0.3) is 0 Å². The summed E-state index contributed by atoms with van der Waals surface area (Å²) in [6, 6.07) is 0. The lowest BCUT2D eigenvalue weighted by Crippen LogP contribution is -2.49. The third-order valence-corrected chi connectivity index (χ3v) is 5.66. The Balaban J connectivity index is 2.33. The van der Waals surface area contributed by atoms with Crippen molar-refractivity contribution >= 4 is 11.3 Å². The van der Waals surface area contributed by atoms with Gasteiger partial charge in [-0.3, -0.25) is 0 Å². The van der Waals surface area contributed by atoms with Crippen molar-refractivity contribution in [2.75, 3.05) is 6.54 Å². The molecule has 1 fully saturated rings. The van der Waals surface area contributed by atoms with Crippen LogP contribution in [0.4, 0.5) is 0 Å². The van der Waals surface area contributed by atoms with Gasteiger partial charge in [-0.2, -0.15) is 0 Å². The van der Waals surface area contributed by atoms with Gasteiger partial charge in [0, 0.05) is 10.8 Å². The first-order chi connectivity index (χ1) is 9.40. The Hall–Kier alpha value is -0.410. The number of hydrogen-bond donors (Lipinski definition) is 1. The molecule has 1 heterocycles. The molecule has 1 aliphatic rings. The maximum Gasteiger partial charge on any atom is 0.113 e. The number of nitrogens with zero attached hydrogens (tertiary/aromatic N) is 1. The smallest absolute Gasteiger partial charge is 0.113 e. The van der Waals surface area contributed by atoms with E-state index in [2.05, 4.69) is 45.3 Å². The summed E-state index contributed by atoms with van der Waals surface area (Å²) >= 11 is 1.86. The number of aromatic nitrogens is 1. The number of nitrogens with one attached hydrogen (secondary N) is 1. The predicted molar refractivity (Wildman–Crippen MR) is 88.4 cm³/mol. The Kier molecular flexibility index (Phi) is 4.91. The van der Waals surface area contributed by atoms with Crippen molar-refractivity contribution in [2.24, 2.45) is 5.92 Å². The summed E-state index contributed by atoms with van der Waals surface area (Å²) in [7, 11) is 0. The average Bonchev–Trinajstić information content (AvgIpc) is 2.88. The second-order valence-corrected chi connectivity index (χ2v) is 8.19. The van der Waals surface area contributed by atoms with Crippen LogP contribution in [-0.2, 0) is 11.0 Å². The summed E-state index contributed by atoms with van der Waals surface area (Å²) < 4.78 is 0. The highest BCUT2D eigenvalue weighted by Gasteiger charge is 2.42. The van der Waals surface area contributed by atoms with Gasteiger partial charge in [0.1, 0.15) is 5.01 Å². The SMILES string of the molecule is CCCNC1(c2nc(C(C)(C)C)cs2)CCCCC1C. The van der Waals surface area contributed by atoms with Crippen LogP contribution >= 0.6 is 11.3 Å². The second-order valence-electron chi connectivity index (χ2n) is 7.33. The van der Waals surface area contributed by atoms with E-state index in [1.54, 1.807) is 0 Å². The number of rotatable bonds is 4. The largest absolute Gasteiger partial charge is 0.305 e. The van der Waals surface area contributed by atoms with Gasteiger partial charge in [-0.25, -0.2) is 4.98 Å². The Morgan fingerprint density at radius 2 is 2.15 bits per heavy atom. The van der Waals surface area contributed by atoms with E-state index < -0.39 is 0 Å². The van der Waals surface area contributed by atoms with E-state index in [0.29, 0.717) is 5.92 Å². The molecule has 0 spiro atoms. The van der Waals surface area contributed by atoms with Crippen LogP contribution in [-0.4, -0.2) is 11.5 Å². The molecule has 0 bridgehead atoms.